The van der Waals surface area contributed by atoms with Crippen LogP contribution in [0.2, 0.25) is 0 Å². The standard InChI is InChI=1S/C13H21NO6S/c1-2-11-10(3-5-20-11)13(17)14-4-6-21(18,19)8-9(14)7-12(15)16/h9-11H,2-8H2,1H3,(H,15,16). The highest BCUT2D eigenvalue weighted by atomic mass is 32.2. The number of carboxylic acids is 1. The molecule has 0 aromatic carbocycles. The number of carboxylic acid groups (broad SMARTS) is 1. The molecule has 120 valence electrons. The van der Waals surface area contributed by atoms with Gasteiger partial charge in [0.2, 0.25) is 5.91 Å². The second-order valence-electron chi connectivity index (χ2n) is 5.61. The quantitative estimate of drug-likeness (QED) is 0.776. The first-order valence-electron chi connectivity index (χ1n) is 7.18. The van der Waals surface area contributed by atoms with Gasteiger partial charge in [0.15, 0.2) is 9.84 Å². The van der Waals surface area contributed by atoms with Gasteiger partial charge >= 0.3 is 5.97 Å². The van der Waals surface area contributed by atoms with Crippen molar-refractivity contribution in [2.24, 2.45) is 5.92 Å². The summed E-state index contributed by atoms with van der Waals surface area (Å²) in [6.45, 7) is 2.53. The molecule has 2 rings (SSSR count). The smallest absolute Gasteiger partial charge is 0.305 e. The fraction of sp³-hybridized carbons (Fsp3) is 0.846. The fourth-order valence-corrected chi connectivity index (χ4v) is 4.62. The molecule has 2 saturated heterocycles. The van der Waals surface area contributed by atoms with Crippen LogP contribution in [-0.2, 0) is 24.2 Å². The number of nitrogens with zero attached hydrogens (tertiary/aromatic N) is 1. The second kappa shape index (κ2) is 6.31. The summed E-state index contributed by atoms with van der Waals surface area (Å²) in [5.74, 6) is -1.91. The van der Waals surface area contributed by atoms with Crippen molar-refractivity contribution in [2.75, 3.05) is 24.7 Å². The maximum atomic E-state index is 12.6. The summed E-state index contributed by atoms with van der Waals surface area (Å²) < 4.78 is 28.9. The summed E-state index contributed by atoms with van der Waals surface area (Å²) >= 11 is 0. The molecule has 0 bridgehead atoms. The topological polar surface area (TPSA) is 101 Å². The minimum absolute atomic E-state index is 0.0754. The first-order chi connectivity index (χ1) is 9.84. The Labute approximate surface area is 124 Å². The summed E-state index contributed by atoms with van der Waals surface area (Å²) in [7, 11) is -3.28. The molecule has 3 unspecified atom stereocenters. The molecule has 21 heavy (non-hydrogen) atoms. The summed E-state index contributed by atoms with van der Waals surface area (Å²) in [5, 5.41) is 8.94. The summed E-state index contributed by atoms with van der Waals surface area (Å²) in [5.41, 5.74) is 0. The number of carbonyl (C=O) groups excluding carboxylic acids is 1. The molecular formula is C13H21NO6S. The van der Waals surface area contributed by atoms with E-state index in [9.17, 15) is 18.0 Å². The lowest BCUT2D eigenvalue weighted by Crippen LogP contribution is -2.54. The average molecular weight is 319 g/mol. The van der Waals surface area contributed by atoms with Gasteiger partial charge in [-0.1, -0.05) is 6.92 Å². The summed E-state index contributed by atoms with van der Waals surface area (Å²) in [6, 6.07) is -0.771. The van der Waals surface area contributed by atoms with Crippen LogP contribution in [0.4, 0.5) is 0 Å². The molecule has 2 heterocycles. The maximum Gasteiger partial charge on any atom is 0.305 e. The van der Waals surface area contributed by atoms with E-state index in [-0.39, 0.29) is 42.4 Å². The number of hydrogen-bond acceptors (Lipinski definition) is 5. The van der Waals surface area contributed by atoms with Crippen LogP contribution in [0.25, 0.3) is 0 Å². The van der Waals surface area contributed by atoms with Crippen molar-refractivity contribution in [2.45, 2.75) is 38.3 Å². The molecule has 0 saturated carbocycles. The monoisotopic (exact) mass is 319 g/mol. The second-order valence-corrected chi connectivity index (χ2v) is 7.84. The van der Waals surface area contributed by atoms with Gasteiger partial charge in [0.25, 0.3) is 0 Å². The number of rotatable bonds is 4. The van der Waals surface area contributed by atoms with Gasteiger partial charge in [-0.25, -0.2) is 8.42 Å². The molecule has 1 amide bonds. The van der Waals surface area contributed by atoms with Crippen LogP contribution in [0.1, 0.15) is 26.2 Å². The Morgan fingerprint density at radius 1 is 1.38 bits per heavy atom. The zero-order chi connectivity index (χ0) is 15.6. The minimum Gasteiger partial charge on any atom is -0.481 e. The number of hydrogen-bond donors (Lipinski definition) is 1. The predicted molar refractivity (Wildman–Crippen MR) is 74.5 cm³/mol. The highest BCUT2D eigenvalue weighted by molar-refractivity contribution is 7.91. The molecule has 0 aliphatic carbocycles. The van der Waals surface area contributed by atoms with Crippen LogP contribution < -0.4 is 0 Å². The number of aliphatic carboxylic acids is 1. The Morgan fingerprint density at radius 3 is 2.71 bits per heavy atom. The highest BCUT2D eigenvalue weighted by Gasteiger charge is 2.41. The maximum absolute atomic E-state index is 12.6. The van der Waals surface area contributed by atoms with Crippen molar-refractivity contribution < 1.29 is 27.9 Å². The lowest BCUT2D eigenvalue weighted by molar-refractivity contribution is -0.143. The van der Waals surface area contributed by atoms with E-state index in [4.69, 9.17) is 9.84 Å². The molecule has 3 atom stereocenters. The minimum atomic E-state index is -3.28. The van der Waals surface area contributed by atoms with E-state index in [0.29, 0.717) is 19.4 Å². The van der Waals surface area contributed by atoms with Crippen molar-refractivity contribution in [1.82, 2.24) is 4.90 Å². The lowest BCUT2D eigenvalue weighted by atomic mass is 9.97. The number of ether oxygens (including phenoxy) is 1. The van der Waals surface area contributed by atoms with Gasteiger partial charge in [-0.3, -0.25) is 9.59 Å². The van der Waals surface area contributed by atoms with Crippen LogP contribution in [0.5, 0.6) is 0 Å². The van der Waals surface area contributed by atoms with Crippen LogP contribution >= 0.6 is 0 Å². The molecule has 2 aliphatic heterocycles. The van der Waals surface area contributed by atoms with Gasteiger partial charge in [-0.2, -0.15) is 0 Å². The third-order valence-corrected chi connectivity index (χ3v) is 5.85. The van der Waals surface area contributed by atoms with Gasteiger partial charge in [-0.15, -0.1) is 0 Å². The van der Waals surface area contributed by atoms with Gasteiger partial charge in [0, 0.05) is 13.2 Å². The van der Waals surface area contributed by atoms with Crippen LogP contribution in [0, 0.1) is 5.92 Å². The van der Waals surface area contributed by atoms with Gasteiger partial charge in [0.1, 0.15) is 0 Å². The molecule has 8 heteroatoms. The molecule has 0 aromatic heterocycles. The molecule has 2 aliphatic rings. The zero-order valence-corrected chi connectivity index (χ0v) is 12.8. The van der Waals surface area contributed by atoms with E-state index in [1.165, 1.54) is 4.90 Å². The van der Waals surface area contributed by atoms with E-state index in [2.05, 4.69) is 0 Å². The Morgan fingerprint density at radius 2 is 2.10 bits per heavy atom. The molecule has 0 aromatic rings. The Kier molecular flexibility index (Phi) is 4.88. The van der Waals surface area contributed by atoms with Gasteiger partial charge in [0.05, 0.1) is 36.0 Å². The van der Waals surface area contributed by atoms with E-state index in [1.807, 2.05) is 6.92 Å². The van der Waals surface area contributed by atoms with E-state index < -0.39 is 21.8 Å². The summed E-state index contributed by atoms with van der Waals surface area (Å²) in [6.07, 6.45) is 0.837. The van der Waals surface area contributed by atoms with Crippen molar-refractivity contribution >= 4 is 21.7 Å². The van der Waals surface area contributed by atoms with Crippen molar-refractivity contribution in [3.63, 3.8) is 0 Å². The van der Waals surface area contributed by atoms with Gasteiger partial charge < -0.3 is 14.7 Å². The predicted octanol–water partition coefficient (Wildman–Crippen LogP) is -0.0982. The normalized spacial score (nSPS) is 32.0. The van der Waals surface area contributed by atoms with Crippen LogP contribution in [0.15, 0.2) is 0 Å². The first kappa shape index (κ1) is 16.2. The van der Waals surface area contributed by atoms with E-state index in [1.54, 1.807) is 0 Å². The van der Waals surface area contributed by atoms with Crippen molar-refractivity contribution in [3.8, 4) is 0 Å². The number of sulfone groups is 1. The first-order valence-corrected chi connectivity index (χ1v) is 9.00. The van der Waals surface area contributed by atoms with Crippen LogP contribution in [-0.4, -0.2) is 67.1 Å². The molecule has 2 fully saturated rings. The molecular weight excluding hydrogens is 298 g/mol. The SMILES string of the molecule is CCC1OCCC1C(=O)N1CCS(=O)(=O)CC1CC(=O)O. The number of carbonyl (C=O) groups is 2. The van der Waals surface area contributed by atoms with Gasteiger partial charge in [-0.05, 0) is 12.8 Å². The fourth-order valence-electron chi connectivity index (χ4n) is 3.09. The molecule has 0 spiro atoms. The third-order valence-electron chi connectivity index (χ3n) is 4.15. The molecule has 0 radical (unpaired) electrons. The molecule has 1 N–H and O–H groups in total. The lowest BCUT2D eigenvalue weighted by Gasteiger charge is -2.37. The van der Waals surface area contributed by atoms with Crippen LogP contribution in [0.3, 0.4) is 0 Å². The Balaban J connectivity index is 2.15. The number of amides is 1. The largest absolute Gasteiger partial charge is 0.481 e. The zero-order valence-electron chi connectivity index (χ0n) is 12.0. The Bertz CT molecular complexity index is 517. The van der Waals surface area contributed by atoms with E-state index >= 15 is 0 Å². The average Bonchev–Trinajstić information content (AvgIpc) is 2.84. The van der Waals surface area contributed by atoms with Crippen molar-refractivity contribution in [3.05, 3.63) is 0 Å². The third kappa shape index (κ3) is 3.74. The summed E-state index contributed by atoms with van der Waals surface area (Å²) in [4.78, 5) is 25.0. The Hall–Kier alpha value is -1.15. The highest BCUT2D eigenvalue weighted by Crippen LogP contribution is 2.28. The van der Waals surface area contributed by atoms with Crippen molar-refractivity contribution in [1.29, 1.82) is 0 Å². The van der Waals surface area contributed by atoms with E-state index in [0.717, 1.165) is 0 Å². The molecule has 7 nitrogen and oxygen atoms in total.